The first-order chi connectivity index (χ1) is 18.3. The number of aliphatic carboxylic acids is 1. The van der Waals surface area contributed by atoms with Crippen LogP contribution in [0, 0.1) is 0 Å². The second-order valence-electron chi connectivity index (χ2n) is 10.4. The van der Waals surface area contributed by atoms with Gasteiger partial charge in [0.05, 0.1) is 4.90 Å². The molecule has 4 rings (SSSR count). The number of nitrogens with one attached hydrogen (secondary N) is 1. The number of benzene rings is 3. The van der Waals surface area contributed by atoms with Gasteiger partial charge in [-0.25, -0.2) is 13.2 Å². The van der Waals surface area contributed by atoms with Crippen molar-refractivity contribution in [1.29, 1.82) is 0 Å². The Morgan fingerprint density at radius 1 is 1.00 bits per heavy atom. The van der Waals surface area contributed by atoms with E-state index in [1.165, 1.54) is 12.1 Å². The zero-order chi connectivity index (χ0) is 28.4. The number of carbonyl (C=O) groups excluding carboxylic acids is 1. The number of rotatable bonds is 9. The highest BCUT2D eigenvalue weighted by atomic mass is 35.5. The summed E-state index contributed by atoms with van der Waals surface area (Å²) in [6, 6.07) is 22.4. The van der Waals surface area contributed by atoms with Crippen molar-refractivity contribution in [2.24, 2.45) is 0 Å². The Bertz CT molecular complexity index is 1440. The smallest absolute Gasteiger partial charge is 0.407 e. The second-order valence-corrected chi connectivity index (χ2v) is 12.7. The lowest BCUT2D eigenvalue weighted by Gasteiger charge is -2.30. The average molecular weight is 571 g/mol. The SMILES string of the molecule is CC(C)(C)OC(=O)NCCN(C1(C(=O)O)CC1c1ccccc1)S(=O)(=O)c1ccc(-c2ccc(Cl)cc2)cc1. The minimum atomic E-state index is -4.28. The van der Waals surface area contributed by atoms with Crippen LogP contribution in [0.5, 0.6) is 0 Å². The number of carbonyl (C=O) groups is 2. The lowest BCUT2D eigenvalue weighted by atomic mass is 10.1. The van der Waals surface area contributed by atoms with E-state index in [0.29, 0.717) is 5.02 Å². The fourth-order valence-corrected chi connectivity index (χ4v) is 6.55. The number of nitrogens with zero attached hydrogens (tertiary/aromatic N) is 1. The van der Waals surface area contributed by atoms with Gasteiger partial charge in [-0.2, -0.15) is 4.31 Å². The molecule has 1 aliphatic rings. The number of alkyl carbamates (subject to hydrolysis) is 1. The zero-order valence-electron chi connectivity index (χ0n) is 21.9. The van der Waals surface area contributed by atoms with Crippen molar-refractivity contribution in [3.05, 3.63) is 89.4 Å². The van der Waals surface area contributed by atoms with E-state index in [0.717, 1.165) is 21.0 Å². The first-order valence-corrected chi connectivity index (χ1v) is 14.3. The van der Waals surface area contributed by atoms with Crippen molar-refractivity contribution in [2.75, 3.05) is 13.1 Å². The molecule has 2 unspecified atom stereocenters. The van der Waals surface area contributed by atoms with E-state index >= 15 is 0 Å². The molecule has 3 aromatic rings. The average Bonchev–Trinajstić information content (AvgIpc) is 3.63. The van der Waals surface area contributed by atoms with Crippen LogP contribution < -0.4 is 5.32 Å². The number of carboxylic acids is 1. The zero-order valence-corrected chi connectivity index (χ0v) is 23.5. The molecule has 2 atom stereocenters. The molecular weight excluding hydrogens is 540 g/mol. The van der Waals surface area contributed by atoms with Crippen molar-refractivity contribution in [1.82, 2.24) is 9.62 Å². The van der Waals surface area contributed by atoms with Crippen LogP contribution >= 0.6 is 11.6 Å². The fourth-order valence-electron chi connectivity index (χ4n) is 4.65. The number of amides is 1. The molecule has 1 aliphatic carbocycles. The number of ether oxygens (including phenoxy) is 1. The molecule has 10 heteroatoms. The first-order valence-electron chi connectivity index (χ1n) is 12.5. The minimum Gasteiger partial charge on any atom is -0.480 e. The molecule has 0 bridgehead atoms. The molecule has 8 nitrogen and oxygen atoms in total. The van der Waals surface area contributed by atoms with Gasteiger partial charge in [-0.3, -0.25) is 4.79 Å². The Morgan fingerprint density at radius 3 is 2.10 bits per heavy atom. The lowest BCUT2D eigenvalue weighted by Crippen LogP contribution is -2.51. The maximum Gasteiger partial charge on any atom is 0.407 e. The summed E-state index contributed by atoms with van der Waals surface area (Å²) < 4.78 is 34.3. The third kappa shape index (κ3) is 6.27. The van der Waals surface area contributed by atoms with E-state index in [9.17, 15) is 23.1 Å². The number of hydrogen-bond donors (Lipinski definition) is 2. The first kappa shape index (κ1) is 28.6. The third-order valence-electron chi connectivity index (χ3n) is 6.55. The van der Waals surface area contributed by atoms with E-state index in [1.54, 1.807) is 69.3 Å². The largest absolute Gasteiger partial charge is 0.480 e. The van der Waals surface area contributed by atoms with Crippen LogP contribution in [-0.2, 0) is 19.6 Å². The Hall–Kier alpha value is -3.40. The van der Waals surface area contributed by atoms with E-state index in [-0.39, 0.29) is 24.4 Å². The molecule has 0 heterocycles. The number of halogens is 1. The maximum absolute atomic E-state index is 14.0. The normalized spacial score (nSPS) is 18.9. The van der Waals surface area contributed by atoms with Gasteiger partial charge in [0, 0.05) is 24.0 Å². The molecule has 1 saturated carbocycles. The minimum absolute atomic E-state index is 0.0446. The van der Waals surface area contributed by atoms with Gasteiger partial charge in [-0.1, -0.05) is 66.2 Å². The summed E-state index contributed by atoms with van der Waals surface area (Å²) in [6.45, 7) is 4.76. The predicted molar refractivity (Wildman–Crippen MR) is 149 cm³/mol. The summed E-state index contributed by atoms with van der Waals surface area (Å²) in [5, 5.41) is 13.5. The van der Waals surface area contributed by atoms with Gasteiger partial charge in [0.1, 0.15) is 11.1 Å². The highest BCUT2D eigenvalue weighted by molar-refractivity contribution is 7.89. The van der Waals surface area contributed by atoms with E-state index in [4.69, 9.17) is 16.3 Å². The quantitative estimate of drug-likeness (QED) is 0.349. The molecule has 1 fully saturated rings. The summed E-state index contributed by atoms with van der Waals surface area (Å²) in [4.78, 5) is 24.9. The maximum atomic E-state index is 14.0. The highest BCUT2D eigenvalue weighted by Crippen LogP contribution is 2.57. The number of carboxylic acid groups (broad SMARTS) is 1. The molecule has 0 aromatic heterocycles. The Kier molecular flexibility index (Phi) is 8.07. The van der Waals surface area contributed by atoms with Gasteiger partial charge in [0.25, 0.3) is 0 Å². The topological polar surface area (TPSA) is 113 Å². The molecule has 0 spiro atoms. The molecular formula is C29H31ClN2O6S. The highest BCUT2D eigenvalue weighted by Gasteiger charge is 2.67. The van der Waals surface area contributed by atoms with Gasteiger partial charge < -0.3 is 15.2 Å². The second kappa shape index (κ2) is 11.0. The molecule has 39 heavy (non-hydrogen) atoms. The van der Waals surface area contributed by atoms with Crippen molar-refractivity contribution in [3.8, 4) is 11.1 Å². The van der Waals surface area contributed by atoms with E-state index < -0.39 is 39.1 Å². The van der Waals surface area contributed by atoms with Crippen LogP contribution in [0.15, 0.2) is 83.8 Å². The molecule has 2 N–H and O–H groups in total. The van der Waals surface area contributed by atoms with Crippen molar-refractivity contribution < 1.29 is 27.9 Å². The molecule has 0 radical (unpaired) electrons. The Balaban J connectivity index is 1.66. The van der Waals surface area contributed by atoms with Crippen LogP contribution in [0.2, 0.25) is 5.02 Å². The van der Waals surface area contributed by atoms with Crippen LogP contribution in [0.25, 0.3) is 11.1 Å². The van der Waals surface area contributed by atoms with Crippen molar-refractivity contribution in [2.45, 2.75) is 49.1 Å². The third-order valence-corrected chi connectivity index (χ3v) is 8.76. The number of hydrogen-bond acceptors (Lipinski definition) is 5. The van der Waals surface area contributed by atoms with Crippen LogP contribution in [0.1, 0.15) is 38.7 Å². The summed E-state index contributed by atoms with van der Waals surface area (Å²) in [5.74, 6) is -1.78. The molecule has 1 amide bonds. The van der Waals surface area contributed by atoms with E-state index in [1.807, 2.05) is 18.2 Å². The summed E-state index contributed by atoms with van der Waals surface area (Å²) in [6.07, 6.45) is -0.604. The van der Waals surface area contributed by atoms with Gasteiger partial charge in [-0.05, 0) is 68.1 Å². The van der Waals surface area contributed by atoms with Crippen LogP contribution in [-0.4, -0.2) is 54.1 Å². The van der Waals surface area contributed by atoms with Crippen molar-refractivity contribution in [3.63, 3.8) is 0 Å². The monoisotopic (exact) mass is 570 g/mol. The standard InChI is InChI=1S/C29H31ClN2O6S/c1-28(2,3)38-27(35)31-17-18-32(29(26(33)34)19-25(29)22-7-5-4-6-8-22)39(36,37)24-15-11-21(12-16-24)20-9-13-23(30)14-10-20/h4-16,25H,17-19H2,1-3H3,(H,31,35)(H,33,34). The molecule has 206 valence electrons. The van der Waals surface area contributed by atoms with Crippen LogP contribution in [0.3, 0.4) is 0 Å². The summed E-state index contributed by atoms with van der Waals surface area (Å²) in [7, 11) is -4.28. The lowest BCUT2D eigenvalue weighted by molar-refractivity contribution is -0.143. The molecule has 0 aliphatic heterocycles. The van der Waals surface area contributed by atoms with E-state index in [2.05, 4.69) is 5.32 Å². The molecule has 0 saturated heterocycles. The summed E-state index contributed by atoms with van der Waals surface area (Å²) in [5.41, 5.74) is -0.0533. The van der Waals surface area contributed by atoms with Gasteiger partial charge in [-0.15, -0.1) is 0 Å². The van der Waals surface area contributed by atoms with Crippen LogP contribution in [0.4, 0.5) is 4.79 Å². The Morgan fingerprint density at radius 2 is 1.56 bits per heavy atom. The van der Waals surface area contributed by atoms with Gasteiger partial charge in [0.2, 0.25) is 10.0 Å². The van der Waals surface area contributed by atoms with Crippen molar-refractivity contribution >= 4 is 33.7 Å². The number of sulfonamides is 1. The summed E-state index contributed by atoms with van der Waals surface area (Å²) >= 11 is 5.97. The van der Waals surface area contributed by atoms with Gasteiger partial charge in [0.15, 0.2) is 0 Å². The Labute approximate surface area is 233 Å². The predicted octanol–water partition coefficient (Wildman–Crippen LogP) is 5.53. The van der Waals surface area contributed by atoms with Gasteiger partial charge >= 0.3 is 12.1 Å². The molecule has 3 aromatic carbocycles. The fraction of sp³-hybridized carbons (Fsp3) is 0.310.